The number of hydrogen-bond acceptors (Lipinski definition) is 7. The van der Waals surface area contributed by atoms with Crippen molar-refractivity contribution >= 4 is 55.2 Å². The summed E-state index contributed by atoms with van der Waals surface area (Å²) >= 11 is 1.67. The van der Waals surface area contributed by atoms with E-state index in [0.29, 0.717) is 17.7 Å². The van der Waals surface area contributed by atoms with E-state index in [2.05, 4.69) is 103 Å². The third-order valence-electron chi connectivity index (χ3n) is 10.2. The number of thiazole rings is 1. The Bertz CT molecular complexity index is 3040. The van der Waals surface area contributed by atoms with Gasteiger partial charge in [-0.3, -0.25) is 4.57 Å². The van der Waals surface area contributed by atoms with Gasteiger partial charge in [0.05, 0.1) is 15.7 Å². The molecule has 0 saturated heterocycles. The van der Waals surface area contributed by atoms with E-state index in [0.717, 1.165) is 101 Å². The van der Waals surface area contributed by atoms with E-state index in [1.807, 2.05) is 60.7 Å². The van der Waals surface area contributed by atoms with Crippen molar-refractivity contribution in [1.82, 2.24) is 29.5 Å². The monoisotopic (exact) mass is 742 g/mol. The molecule has 0 amide bonds. The molecular formula is C48H34N6OS. The SMILES string of the molecule is C=C/C=C\c1c(C)n(-c2nc3ccccc3o2)c2ccc(-c3cccc(-c4nc5ccc(-c6nc(C7=CC=CCC7)nc(-c7ccccc7)n6)cc5s4)c3)cc12. The molecule has 0 aliphatic heterocycles. The lowest BCUT2D eigenvalue weighted by Crippen LogP contribution is -2.03. The molecule has 4 aromatic heterocycles. The molecule has 0 radical (unpaired) electrons. The maximum atomic E-state index is 6.24. The Kier molecular flexibility index (Phi) is 8.38. The van der Waals surface area contributed by atoms with Gasteiger partial charge in [0.15, 0.2) is 23.1 Å². The number of allylic oxidation sites excluding steroid dienone is 6. The average molecular weight is 743 g/mol. The van der Waals surface area contributed by atoms with Crippen molar-refractivity contribution in [1.29, 1.82) is 0 Å². The van der Waals surface area contributed by atoms with Gasteiger partial charge in [-0.15, -0.1) is 11.3 Å². The second kappa shape index (κ2) is 14.0. The topological polar surface area (TPSA) is 82.5 Å². The van der Waals surface area contributed by atoms with Crippen LogP contribution in [0.2, 0.25) is 0 Å². The summed E-state index contributed by atoms with van der Waals surface area (Å²) in [7, 11) is 0. The molecule has 10 rings (SSSR count). The van der Waals surface area contributed by atoms with Crippen LogP contribution in [0.15, 0.2) is 157 Å². The van der Waals surface area contributed by atoms with Crippen LogP contribution in [-0.4, -0.2) is 29.5 Å². The molecule has 0 spiro atoms. The molecule has 268 valence electrons. The van der Waals surface area contributed by atoms with Crippen molar-refractivity contribution in [2.45, 2.75) is 19.8 Å². The molecule has 1 aliphatic carbocycles. The van der Waals surface area contributed by atoms with E-state index in [-0.39, 0.29) is 0 Å². The van der Waals surface area contributed by atoms with Gasteiger partial charge < -0.3 is 4.42 Å². The van der Waals surface area contributed by atoms with Crippen molar-refractivity contribution in [3.8, 4) is 50.5 Å². The first kappa shape index (κ1) is 33.5. The summed E-state index contributed by atoms with van der Waals surface area (Å²) in [6.07, 6.45) is 14.1. The Balaban J connectivity index is 1.02. The molecule has 9 aromatic rings. The first-order valence-electron chi connectivity index (χ1n) is 18.6. The van der Waals surface area contributed by atoms with Crippen LogP contribution in [0.25, 0.3) is 94.4 Å². The maximum absolute atomic E-state index is 6.24. The molecule has 0 fully saturated rings. The summed E-state index contributed by atoms with van der Waals surface area (Å²) in [5, 5.41) is 2.06. The summed E-state index contributed by atoms with van der Waals surface area (Å²) in [6.45, 7) is 6.01. The van der Waals surface area contributed by atoms with Gasteiger partial charge >= 0.3 is 6.01 Å². The number of nitrogens with zero attached hydrogens (tertiary/aromatic N) is 6. The number of oxazole rings is 1. The second-order valence-corrected chi connectivity index (χ2v) is 14.8. The third kappa shape index (κ3) is 6.06. The van der Waals surface area contributed by atoms with Gasteiger partial charge in [-0.2, -0.15) is 4.98 Å². The smallest absolute Gasteiger partial charge is 0.307 e. The summed E-state index contributed by atoms with van der Waals surface area (Å²) in [5.41, 5.74) is 12.0. The van der Waals surface area contributed by atoms with E-state index >= 15 is 0 Å². The van der Waals surface area contributed by atoms with E-state index in [4.69, 9.17) is 29.3 Å². The largest absolute Gasteiger partial charge is 0.423 e. The van der Waals surface area contributed by atoms with E-state index in [1.54, 1.807) is 17.4 Å². The Morgan fingerprint density at radius 3 is 2.30 bits per heavy atom. The maximum Gasteiger partial charge on any atom is 0.307 e. The van der Waals surface area contributed by atoms with Gasteiger partial charge in [-0.1, -0.05) is 110 Å². The van der Waals surface area contributed by atoms with Gasteiger partial charge in [0.25, 0.3) is 0 Å². The van der Waals surface area contributed by atoms with Crippen LogP contribution in [-0.2, 0) is 0 Å². The van der Waals surface area contributed by atoms with E-state index in [9.17, 15) is 0 Å². The van der Waals surface area contributed by atoms with Crippen LogP contribution in [0.1, 0.15) is 29.9 Å². The minimum atomic E-state index is 0.548. The lowest BCUT2D eigenvalue weighted by molar-refractivity contribution is 0.566. The van der Waals surface area contributed by atoms with Crippen LogP contribution in [0.5, 0.6) is 0 Å². The van der Waals surface area contributed by atoms with Gasteiger partial charge in [0.2, 0.25) is 0 Å². The van der Waals surface area contributed by atoms with Crippen molar-refractivity contribution in [2.75, 3.05) is 0 Å². The molecule has 7 nitrogen and oxygen atoms in total. The van der Waals surface area contributed by atoms with Gasteiger partial charge in [-0.05, 0) is 85.0 Å². The summed E-state index contributed by atoms with van der Waals surface area (Å²) in [5.74, 6) is 2.05. The highest BCUT2D eigenvalue weighted by Crippen LogP contribution is 2.38. The number of rotatable bonds is 8. The highest BCUT2D eigenvalue weighted by molar-refractivity contribution is 7.21. The zero-order valence-electron chi connectivity index (χ0n) is 30.6. The van der Waals surface area contributed by atoms with Crippen LogP contribution in [0, 0.1) is 6.92 Å². The zero-order valence-corrected chi connectivity index (χ0v) is 31.4. The molecule has 0 atom stereocenters. The van der Waals surface area contributed by atoms with Gasteiger partial charge in [-0.25, -0.2) is 19.9 Å². The van der Waals surface area contributed by atoms with Crippen molar-refractivity contribution in [3.63, 3.8) is 0 Å². The summed E-state index contributed by atoms with van der Waals surface area (Å²) < 4.78 is 9.41. The number of benzene rings is 5. The summed E-state index contributed by atoms with van der Waals surface area (Å²) in [4.78, 5) is 24.8. The zero-order chi connectivity index (χ0) is 37.6. The Hall–Kier alpha value is -7.03. The van der Waals surface area contributed by atoms with Crippen LogP contribution >= 0.6 is 11.3 Å². The summed E-state index contributed by atoms with van der Waals surface area (Å²) in [6, 6.07) is 40.0. The first-order chi connectivity index (χ1) is 27.6. The van der Waals surface area contributed by atoms with Crippen LogP contribution < -0.4 is 0 Å². The lowest BCUT2D eigenvalue weighted by atomic mass is 10.00. The molecule has 0 bridgehead atoms. The van der Waals surface area contributed by atoms with Crippen LogP contribution in [0.4, 0.5) is 0 Å². The predicted molar refractivity (Wildman–Crippen MR) is 229 cm³/mol. The second-order valence-electron chi connectivity index (χ2n) is 13.7. The molecule has 1 aliphatic rings. The molecular weight excluding hydrogens is 709 g/mol. The van der Waals surface area contributed by atoms with Crippen molar-refractivity contribution in [2.24, 2.45) is 0 Å². The fourth-order valence-electron chi connectivity index (χ4n) is 7.37. The molecule has 56 heavy (non-hydrogen) atoms. The normalized spacial score (nSPS) is 13.0. The van der Waals surface area contributed by atoms with Crippen LogP contribution in [0.3, 0.4) is 0 Å². The van der Waals surface area contributed by atoms with Crippen molar-refractivity contribution in [3.05, 3.63) is 169 Å². The predicted octanol–water partition coefficient (Wildman–Crippen LogP) is 12.5. The first-order valence-corrected chi connectivity index (χ1v) is 19.4. The minimum absolute atomic E-state index is 0.548. The highest BCUT2D eigenvalue weighted by Gasteiger charge is 2.20. The van der Waals surface area contributed by atoms with E-state index < -0.39 is 0 Å². The van der Waals surface area contributed by atoms with Gasteiger partial charge in [0, 0.05) is 33.3 Å². The fraction of sp³-hybridized carbons (Fsp3) is 0.0625. The molecule has 0 N–H and O–H groups in total. The number of hydrogen-bond donors (Lipinski definition) is 0. The van der Waals surface area contributed by atoms with Gasteiger partial charge in [0.1, 0.15) is 10.5 Å². The molecule has 8 heteroatoms. The number of aromatic nitrogens is 6. The lowest BCUT2D eigenvalue weighted by Gasteiger charge is -2.11. The average Bonchev–Trinajstić information content (AvgIpc) is 3.96. The highest BCUT2D eigenvalue weighted by atomic mass is 32.1. The number of fused-ring (bicyclic) bond motifs is 3. The standard InChI is InChI=1S/C48H34N6OS/c1-3-4-20-37-30(2)54(48-50-39-21-11-12-22-42(39)55-48)41-26-24-34(28-38(37)41)33-18-13-19-36(27-33)47-49-40-25-23-35(29-43(40)56-47)46-52-44(31-14-7-5-8-15-31)51-45(53-46)32-16-9-6-10-17-32/h3-9,11-16,18-29H,1,10,17H2,2H3/b20-4-. The van der Waals surface area contributed by atoms with E-state index in [1.165, 1.54) is 0 Å². The molecule has 5 aromatic carbocycles. The third-order valence-corrected chi connectivity index (χ3v) is 11.3. The molecule has 0 saturated carbocycles. The fourth-order valence-corrected chi connectivity index (χ4v) is 8.37. The Morgan fingerprint density at radius 2 is 1.46 bits per heavy atom. The molecule has 4 heterocycles. The van der Waals surface area contributed by atoms with Crippen molar-refractivity contribution < 1.29 is 4.42 Å². The number of para-hydroxylation sites is 2. The Morgan fingerprint density at radius 1 is 0.696 bits per heavy atom. The molecule has 0 unspecified atom stereocenters. The Labute approximate surface area is 327 Å². The minimum Gasteiger partial charge on any atom is -0.423 e. The quantitative estimate of drug-likeness (QED) is 0.144.